The summed E-state index contributed by atoms with van der Waals surface area (Å²) in [6.07, 6.45) is 2.41. The van der Waals surface area contributed by atoms with Gasteiger partial charge in [-0.1, -0.05) is 6.92 Å². The van der Waals surface area contributed by atoms with Crippen LogP contribution in [-0.4, -0.2) is 49.7 Å². The van der Waals surface area contributed by atoms with Crippen LogP contribution in [0.15, 0.2) is 5.38 Å². The zero-order valence-corrected chi connectivity index (χ0v) is 13.3. The van der Waals surface area contributed by atoms with Gasteiger partial charge in [0.25, 0.3) is 0 Å². The van der Waals surface area contributed by atoms with Crippen molar-refractivity contribution in [1.29, 1.82) is 0 Å². The van der Waals surface area contributed by atoms with Gasteiger partial charge in [-0.25, -0.2) is 4.98 Å². The zero-order chi connectivity index (χ0) is 13.8. The van der Waals surface area contributed by atoms with E-state index in [4.69, 9.17) is 4.98 Å². The fourth-order valence-electron chi connectivity index (χ4n) is 2.60. The van der Waals surface area contributed by atoms with Gasteiger partial charge in [0.05, 0.1) is 5.69 Å². The van der Waals surface area contributed by atoms with E-state index in [1.807, 2.05) is 7.05 Å². The molecule has 0 amide bonds. The second-order valence-corrected chi connectivity index (χ2v) is 6.27. The van der Waals surface area contributed by atoms with Crippen molar-refractivity contribution in [2.24, 2.45) is 0 Å². The quantitative estimate of drug-likeness (QED) is 0.918. The maximum atomic E-state index is 4.83. The summed E-state index contributed by atoms with van der Waals surface area (Å²) >= 11 is 1.79. The van der Waals surface area contributed by atoms with Crippen LogP contribution in [0.25, 0.3) is 0 Å². The first-order chi connectivity index (χ1) is 9.15. The third-order valence-electron chi connectivity index (χ3n) is 4.01. The molecule has 4 nitrogen and oxygen atoms in total. The molecule has 1 saturated heterocycles. The standard InChI is InChI=1S/C14H26N4S/c1-5-12-9-17(4)7-6-8-18(12)14-16-13(10-19-14)11(2)15-3/h10-12,15H,5-9H2,1-4H3. The van der Waals surface area contributed by atoms with E-state index in [-0.39, 0.29) is 0 Å². The van der Waals surface area contributed by atoms with Gasteiger partial charge in [-0.15, -0.1) is 11.3 Å². The minimum atomic E-state index is 0.333. The number of nitrogens with one attached hydrogen (secondary N) is 1. The molecule has 0 bridgehead atoms. The molecule has 1 fully saturated rings. The number of hydrogen-bond donors (Lipinski definition) is 1. The number of likely N-dealkylation sites (N-methyl/N-ethyl adjacent to an activating group) is 1. The van der Waals surface area contributed by atoms with Crippen LogP contribution < -0.4 is 10.2 Å². The molecule has 1 aliphatic heterocycles. The van der Waals surface area contributed by atoms with Gasteiger partial charge in [0.15, 0.2) is 5.13 Å². The highest BCUT2D eigenvalue weighted by Gasteiger charge is 2.24. The van der Waals surface area contributed by atoms with Crippen LogP contribution in [0.4, 0.5) is 5.13 Å². The molecule has 2 atom stereocenters. The lowest BCUT2D eigenvalue weighted by Gasteiger charge is -2.29. The van der Waals surface area contributed by atoms with Crippen LogP contribution in [0, 0.1) is 0 Å². The smallest absolute Gasteiger partial charge is 0.185 e. The molecule has 2 unspecified atom stereocenters. The van der Waals surface area contributed by atoms with Crippen molar-refractivity contribution in [1.82, 2.24) is 15.2 Å². The van der Waals surface area contributed by atoms with Gasteiger partial charge in [-0.2, -0.15) is 0 Å². The van der Waals surface area contributed by atoms with E-state index in [2.05, 4.69) is 41.4 Å². The average Bonchev–Trinajstić information content (AvgIpc) is 2.82. The Morgan fingerprint density at radius 1 is 1.53 bits per heavy atom. The van der Waals surface area contributed by atoms with E-state index >= 15 is 0 Å². The minimum absolute atomic E-state index is 0.333. The van der Waals surface area contributed by atoms with Crippen molar-refractivity contribution >= 4 is 16.5 Å². The van der Waals surface area contributed by atoms with Crippen LogP contribution in [0.5, 0.6) is 0 Å². The number of thiazole rings is 1. The molecule has 2 rings (SSSR count). The lowest BCUT2D eigenvalue weighted by atomic mass is 10.2. The molecule has 19 heavy (non-hydrogen) atoms. The van der Waals surface area contributed by atoms with Gasteiger partial charge < -0.3 is 15.1 Å². The Morgan fingerprint density at radius 2 is 2.32 bits per heavy atom. The zero-order valence-electron chi connectivity index (χ0n) is 12.5. The average molecular weight is 282 g/mol. The second-order valence-electron chi connectivity index (χ2n) is 5.44. The highest BCUT2D eigenvalue weighted by molar-refractivity contribution is 7.13. The molecule has 1 aromatic rings. The topological polar surface area (TPSA) is 31.4 Å². The Labute approximate surface area is 120 Å². The third-order valence-corrected chi connectivity index (χ3v) is 4.90. The second kappa shape index (κ2) is 6.68. The first kappa shape index (κ1) is 14.8. The Kier molecular flexibility index (Phi) is 5.19. The van der Waals surface area contributed by atoms with Crippen molar-refractivity contribution in [2.45, 2.75) is 38.8 Å². The van der Waals surface area contributed by atoms with E-state index in [0.29, 0.717) is 12.1 Å². The molecule has 1 N–H and O–H groups in total. The first-order valence-electron chi connectivity index (χ1n) is 7.23. The summed E-state index contributed by atoms with van der Waals surface area (Å²) in [6, 6.07) is 0.927. The number of nitrogens with zero attached hydrogens (tertiary/aromatic N) is 3. The molecule has 108 valence electrons. The number of hydrogen-bond acceptors (Lipinski definition) is 5. The van der Waals surface area contributed by atoms with Crippen LogP contribution >= 0.6 is 11.3 Å². The Hall–Kier alpha value is -0.650. The van der Waals surface area contributed by atoms with Crippen LogP contribution in [0.1, 0.15) is 38.4 Å². The minimum Gasteiger partial charge on any atom is -0.344 e. The van der Waals surface area contributed by atoms with Crippen LogP contribution in [0.2, 0.25) is 0 Å². The van der Waals surface area contributed by atoms with Gasteiger partial charge >= 0.3 is 0 Å². The van der Waals surface area contributed by atoms with Crippen molar-refractivity contribution in [3.63, 3.8) is 0 Å². The first-order valence-corrected chi connectivity index (χ1v) is 8.11. The summed E-state index contributed by atoms with van der Waals surface area (Å²) in [7, 11) is 4.21. The Bertz CT molecular complexity index is 393. The molecular formula is C14H26N4S. The lowest BCUT2D eigenvalue weighted by Crippen LogP contribution is -2.39. The summed E-state index contributed by atoms with van der Waals surface area (Å²) < 4.78 is 0. The number of rotatable bonds is 4. The number of anilines is 1. The monoisotopic (exact) mass is 282 g/mol. The molecule has 0 aromatic carbocycles. The van der Waals surface area contributed by atoms with Gasteiger partial charge in [-0.05, 0) is 40.4 Å². The van der Waals surface area contributed by atoms with Gasteiger partial charge in [0.1, 0.15) is 0 Å². The van der Waals surface area contributed by atoms with Crippen molar-refractivity contribution < 1.29 is 0 Å². The highest BCUT2D eigenvalue weighted by atomic mass is 32.1. The van der Waals surface area contributed by atoms with Gasteiger partial charge in [0, 0.05) is 30.6 Å². The van der Waals surface area contributed by atoms with E-state index in [0.717, 1.165) is 18.8 Å². The summed E-state index contributed by atoms with van der Waals surface area (Å²) in [6.45, 7) is 7.91. The van der Waals surface area contributed by atoms with Gasteiger partial charge in [-0.3, -0.25) is 0 Å². The maximum absolute atomic E-state index is 4.83. The maximum Gasteiger partial charge on any atom is 0.185 e. The van der Waals surface area contributed by atoms with Crippen LogP contribution in [-0.2, 0) is 0 Å². The summed E-state index contributed by atoms with van der Waals surface area (Å²) in [5.41, 5.74) is 1.16. The molecular weight excluding hydrogens is 256 g/mol. The van der Waals surface area contributed by atoms with Gasteiger partial charge in [0.2, 0.25) is 0 Å². The molecule has 0 radical (unpaired) electrons. The molecule has 0 saturated carbocycles. The Morgan fingerprint density at radius 3 is 3.00 bits per heavy atom. The van der Waals surface area contributed by atoms with E-state index < -0.39 is 0 Å². The molecule has 5 heteroatoms. The normalized spacial score (nSPS) is 23.4. The summed E-state index contributed by atoms with van der Waals surface area (Å²) in [5.74, 6) is 0. The van der Waals surface area contributed by atoms with E-state index in [1.54, 1.807) is 11.3 Å². The predicted octanol–water partition coefficient (Wildman–Crippen LogP) is 2.34. The molecule has 1 aliphatic rings. The highest BCUT2D eigenvalue weighted by Crippen LogP contribution is 2.27. The van der Waals surface area contributed by atoms with E-state index in [1.165, 1.54) is 24.5 Å². The summed E-state index contributed by atoms with van der Waals surface area (Å²) in [5, 5.41) is 6.65. The van der Waals surface area contributed by atoms with E-state index in [9.17, 15) is 0 Å². The lowest BCUT2D eigenvalue weighted by molar-refractivity contribution is 0.328. The molecule has 0 spiro atoms. The third kappa shape index (κ3) is 3.46. The Balaban J connectivity index is 2.16. The molecule has 1 aromatic heterocycles. The fraction of sp³-hybridized carbons (Fsp3) is 0.786. The molecule has 2 heterocycles. The van der Waals surface area contributed by atoms with Crippen molar-refractivity contribution in [3.8, 4) is 0 Å². The van der Waals surface area contributed by atoms with Crippen molar-refractivity contribution in [3.05, 3.63) is 11.1 Å². The van der Waals surface area contributed by atoms with Crippen molar-refractivity contribution in [2.75, 3.05) is 38.6 Å². The largest absolute Gasteiger partial charge is 0.344 e. The number of aromatic nitrogens is 1. The van der Waals surface area contributed by atoms with Crippen LogP contribution in [0.3, 0.4) is 0 Å². The molecule has 0 aliphatic carbocycles. The predicted molar refractivity (Wildman–Crippen MR) is 83.1 cm³/mol. The summed E-state index contributed by atoms with van der Waals surface area (Å²) in [4.78, 5) is 9.79. The SMILES string of the molecule is CCC1CN(C)CCCN1c1nc(C(C)NC)cs1. The fourth-order valence-corrected chi connectivity index (χ4v) is 3.62.